The maximum Gasteiger partial charge on any atom is 0.223 e. The van der Waals surface area contributed by atoms with Gasteiger partial charge < -0.3 is 11.1 Å². The number of anilines is 1. The summed E-state index contributed by atoms with van der Waals surface area (Å²) in [6.07, 6.45) is 6.12. The van der Waals surface area contributed by atoms with Crippen LogP contribution in [0.25, 0.3) is 21.9 Å². The van der Waals surface area contributed by atoms with Gasteiger partial charge in [-0.15, -0.1) is 5.10 Å². The van der Waals surface area contributed by atoms with Crippen LogP contribution in [0.2, 0.25) is 0 Å². The molecule has 0 saturated heterocycles. The average molecular weight is 325 g/mol. The van der Waals surface area contributed by atoms with Crippen molar-refractivity contribution in [1.82, 2.24) is 25.0 Å². The van der Waals surface area contributed by atoms with Gasteiger partial charge in [-0.25, -0.2) is 14.6 Å². The lowest BCUT2D eigenvalue weighted by molar-refractivity contribution is 0.410. The van der Waals surface area contributed by atoms with Crippen LogP contribution in [0.3, 0.4) is 0 Å². The molecule has 0 unspecified atom stereocenters. The van der Waals surface area contributed by atoms with Gasteiger partial charge in [-0.2, -0.15) is 0 Å². The Kier molecular flexibility index (Phi) is 3.80. The quantitative estimate of drug-likeness (QED) is 0.769. The molecule has 7 heteroatoms. The SMILES string of the molecule is CC(C)n1nnc2ccc3cnc(NC4CCC(N)CC4)nc3c21. The molecule has 0 atom stereocenters. The molecule has 126 valence electrons. The van der Waals surface area contributed by atoms with Gasteiger partial charge in [-0.05, 0) is 51.7 Å². The molecule has 0 bridgehead atoms. The fraction of sp³-hybridized carbons (Fsp3) is 0.529. The summed E-state index contributed by atoms with van der Waals surface area (Å²) in [5.41, 5.74) is 8.72. The van der Waals surface area contributed by atoms with E-state index in [1.54, 1.807) is 0 Å². The molecule has 4 rings (SSSR count). The van der Waals surface area contributed by atoms with Crippen molar-refractivity contribution in [2.45, 2.75) is 57.7 Å². The molecule has 2 aromatic heterocycles. The van der Waals surface area contributed by atoms with E-state index in [0.29, 0.717) is 18.0 Å². The summed E-state index contributed by atoms with van der Waals surface area (Å²) in [4.78, 5) is 9.26. The van der Waals surface area contributed by atoms with Crippen LogP contribution in [-0.4, -0.2) is 37.0 Å². The van der Waals surface area contributed by atoms with Gasteiger partial charge in [0.2, 0.25) is 5.95 Å². The molecule has 1 saturated carbocycles. The van der Waals surface area contributed by atoms with Crippen LogP contribution in [0.4, 0.5) is 5.95 Å². The van der Waals surface area contributed by atoms with Gasteiger partial charge in [0.15, 0.2) is 0 Å². The van der Waals surface area contributed by atoms with Gasteiger partial charge >= 0.3 is 0 Å². The average Bonchev–Trinajstić information content (AvgIpc) is 3.02. The first-order valence-corrected chi connectivity index (χ1v) is 8.64. The first-order chi connectivity index (χ1) is 11.6. The molecule has 0 amide bonds. The van der Waals surface area contributed by atoms with Crippen molar-refractivity contribution >= 4 is 27.9 Å². The van der Waals surface area contributed by atoms with E-state index in [9.17, 15) is 0 Å². The van der Waals surface area contributed by atoms with Crippen molar-refractivity contribution in [3.63, 3.8) is 0 Å². The largest absolute Gasteiger partial charge is 0.351 e. The Balaban J connectivity index is 1.73. The Hall–Kier alpha value is -2.28. The molecule has 0 radical (unpaired) electrons. The van der Waals surface area contributed by atoms with Gasteiger partial charge in [0, 0.05) is 29.7 Å². The highest BCUT2D eigenvalue weighted by Crippen LogP contribution is 2.26. The third-order valence-corrected chi connectivity index (χ3v) is 4.78. The number of nitrogens with one attached hydrogen (secondary N) is 1. The van der Waals surface area contributed by atoms with Crippen molar-refractivity contribution in [3.8, 4) is 0 Å². The molecular weight excluding hydrogens is 302 g/mol. The third kappa shape index (κ3) is 2.69. The molecule has 2 heterocycles. The van der Waals surface area contributed by atoms with Crippen LogP contribution < -0.4 is 11.1 Å². The topological polar surface area (TPSA) is 94.5 Å². The normalized spacial score (nSPS) is 21.7. The smallest absolute Gasteiger partial charge is 0.223 e. The zero-order chi connectivity index (χ0) is 16.7. The Bertz CT molecular complexity index is 862. The minimum atomic E-state index is 0.229. The number of fused-ring (bicyclic) bond motifs is 3. The van der Waals surface area contributed by atoms with Crippen molar-refractivity contribution in [3.05, 3.63) is 18.3 Å². The molecule has 1 aromatic carbocycles. The van der Waals surface area contributed by atoms with Crippen LogP contribution in [0.15, 0.2) is 18.3 Å². The Morgan fingerprint density at radius 3 is 2.75 bits per heavy atom. The molecule has 3 N–H and O–H groups in total. The Labute approximate surface area is 140 Å². The number of rotatable bonds is 3. The molecule has 1 aliphatic carbocycles. The number of hydrogen-bond donors (Lipinski definition) is 2. The van der Waals surface area contributed by atoms with Crippen LogP contribution in [0.1, 0.15) is 45.6 Å². The van der Waals surface area contributed by atoms with E-state index < -0.39 is 0 Å². The van der Waals surface area contributed by atoms with Gasteiger partial charge in [0.25, 0.3) is 0 Å². The zero-order valence-electron chi connectivity index (χ0n) is 14.1. The Morgan fingerprint density at radius 2 is 2.00 bits per heavy atom. The van der Waals surface area contributed by atoms with Crippen LogP contribution in [0, 0.1) is 0 Å². The maximum atomic E-state index is 5.98. The van der Waals surface area contributed by atoms with Crippen LogP contribution >= 0.6 is 0 Å². The van der Waals surface area contributed by atoms with Crippen LogP contribution in [-0.2, 0) is 0 Å². The highest BCUT2D eigenvalue weighted by Gasteiger charge is 2.19. The summed E-state index contributed by atoms with van der Waals surface area (Å²) < 4.78 is 1.92. The predicted molar refractivity (Wildman–Crippen MR) is 94.9 cm³/mol. The summed E-state index contributed by atoms with van der Waals surface area (Å²) in [6, 6.07) is 4.94. The third-order valence-electron chi connectivity index (χ3n) is 4.78. The summed E-state index contributed by atoms with van der Waals surface area (Å²) in [6.45, 7) is 4.19. The van der Waals surface area contributed by atoms with E-state index >= 15 is 0 Å². The minimum Gasteiger partial charge on any atom is -0.351 e. The lowest BCUT2D eigenvalue weighted by Crippen LogP contribution is -2.33. The standard InChI is InChI=1S/C17H23N7/c1-10(2)24-16-14(22-23-24)8-3-11-9-19-17(21-15(11)16)20-13-6-4-12(18)5-7-13/h3,8-10,12-13H,4-7,18H2,1-2H3,(H,19,20,21). The first-order valence-electron chi connectivity index (χ1n) is 8.64. The predicted octanol–water partition coefficient (Wildman–Crippen LogP) is 2.64. The number of nitrogens with two attached hydrogens (primary N) is 1. The molecule has 0 aliphatic heterocycles. The van der Waals surface area contributed by atoms with Crippen molar-refractivity contribution in [1.29, 1.82) is 0 Å². The molecule has 0 spiro atoms. The van der Waals surface area contributed by atoms with Gasteiger partial charge in [0.05, 0.1) is 0 Å². The second-order valence-corrected chi connectivity index (χ2v) is 6.95. The summed E-state index contributed by atoms with van der Waals surface area (Å²) in [5.74, 6) is 0.673. The second kappa shape index (κ2) is 5.98. The van der Waals surface area contributed by atoms with E-state index in [0.717, 1.165) is 47.6 Å². The monoisotopic (exact) mass is 325 g/mol. The van der Waals surface area contributed by atoms with Gasteiger partial charge in [-0.1, -0.05) is 5.21 Å². The Morgan fingerprint density at radius 1 is 1.21 bits per heavy atom. The van der Waals surface area contributed by atoms with E-state index in [-0.39, 0.29) is 6.04 Å². The van der Waals surface area contributed by atoms with Crippen molar-refractivity contribution in [2.24, 2.45) is 5.73 Å². The van der Waals surface area contributed by atoms with E-state index in [1.165, 1.54) is 0 Å². The fourth-order valence-corrected chi connectivity index (χ4v) is 3.40. The zero-order valence-corrected chi connectivity index (χ0v) is 14.1. The lowest BCUT2D eigenvalue weighted by atomic mass is 9.92. The maximum absolute atomic E-state index is 5.98. The van der Waals surface area contributed by atoms with E-state index in [4.69, 9.17) is 10.7 Å². The van der Waals surface area contributed by atoms with E-state index in [2.05, 4.69) is 34.5 Å². The number of hydrogen-bond acceptors (Lipinski definition) is 6. The number of aromatic nitrogens is 5. The molecule has 1 fully saturated rings. The fourth-order valence-electron chi connectivity index (χ4n) is 3.40. The van der Waals surface area contributed by atoms with Crippen molar-refractivity contribution < 1.29 is 0 Å². The lowest BCUT2D eigenvalue weighted by Gasteiger charge is -2.26. The van der Waals surface area contributed by atoms with Gasteiger partial charge in [-0.3, -0.25) is 0 Å². The molecular formula is C17H23N7. The summed E-state index contributed by atoms with van der Waals surface area (Å²) in [7, 11) is 0. The molecule has 7 nitrogen and oxygen atoms in total. The molecule has 1 aliphatic rings. The number of benzene rings is 1. The first kappa shape index (κ1) is 15.3. The minimum absolute atomic E-state index is 0.229. The van der Waals surface area contributed by atoms with Gasteiger partial charge in [0.1, 0.15) is 16.6 Å². The van der Waals surface area contributed by atoms with Crippen molar-refractivity contribution in [2.75, 3.05) is 5.32 Å². The summed E-state index contributed by atoms with van der Waals surface area (Å²) >= 11 is 0. The molecule has 24 heavy (non-hydrogen) atoms. The number of nitrogens with zero attached hydrogens (tertiary/aromatic N) is 5. The molecule has 3 aromatic rings. The summed E-state index contributed by atoms with van der Waals surface area (Å²) in [5, 5.41) is 13.0. The highest BCUT2D eigenvalue weighted by atomic mass is 15.4. The van der Waals surface area contributed by atoms with Crippen LogP contribution in [0.5, 0.6) is 0 Å². The second-order valence-electron chi connectivity index (χ2n) is 6.95. The highest BCUT2D eigenvalue weighted by molar-refractivity contribution is 6.01. The van der Waals surface area contributed by atoms with E-state index in [1.807, 2.05) is 23.0 Å².